The lowest BCUT2D eigenvalue weighted by Gasteiger charge is -2.34. The van der Waals surface area contributed by atoms with Crippen LogP contribution in [0, 0.1) is 5.82 Å². The molecule has 1 aliphatic rings. The van der Waals surface area contributed by atoms with E-state index in [0.29, 0.717) is 18.4 Å². The minimum Gasteiger partial charge on any atom is -0.385 e. The van der Waals surface area contributed by atoms with Crippen LogP contribution in [0.3, 0.4) is 0 Å². The Morgan fingerprint density at radius 3 is 2.89 bits per heavy atom. The molecule has 4 heteroatoms. The van der Waals surface area contributed by atoms with E-state index >= 15 is 0 Å². The van der Waals surface area contributed by atoms with Crippen LogP contribution in [0.2, 0.25) is 0 Å². The number of halogens is 2. The van der Waals surface area contributed by atoms with E-state index in [1.807, 2.05) is 12.1 Å². The van der Waals surface area contributed by atoms with Gasteiger partial charge in [0.25, 0.3) is 0 Å². The Balaban J connectivity index is 2.01. The van der Waals surface area contributed by atoms with Gasteiger partial charge in [0.2, 0.25) is 0 Å². The second-order valence-electron chi connectivity index (χ2n) is 4.98. The molecule has 1 N–H and O–H groups in total. The van der Waals surface area contributed by atoms with Gasteiger partial charge in [0.05, 0.1) is 11.8 Å². The van der Waals surface area contributed by atoms with Crippen LogP contribution in [0.5, 0.6) is 0 Å². The molecule has 0 bridgehead atoms. The van der Waals surface area contributed by atoms with Crippen molar-refractivity contribution in [2.75, 3.05) is 0 Å². The molecular formula is C15H13BrFNO. The molecule has 0 saturated carbocycles. The van der Waals surface area contributed by atoms with Crippen molar-refractivity contribution in [2.45, 2.75) is 24.9 Å². The molecule has 0 fully saturated rings. The largest absolute Gasteiger partial charge is 0.385 e. The molecule has 1 aliphatic carbocycles. The van der Waals surface area contributed by atoms with Crippen LogP contribution in [0.1, 0.15) is 23.1 Å². The zero-order valence-electron chi connectivity index (χ0n) is 10.2. The van der Waals surface area contributed by atoms with Crippen molar-refractivity contribution in [1.29, 1.82) is 0 Å². The average Bonchev–Trinajstić information content (AvgIpc) is 2.40. The van der Waals surface area contributed by atoms with Gasteiger partial charge < -0.3 is 5.11 Å². The van der Waals surface area contributed by atoms with Crippen LogP contribution < -0.4 is 0 Å². The number of hydrogen-bond donors (Lipinski definition) is 1. The Kier molecular flexibility index (Phi) is 3.15. The first-order chi connectivity index (χ1) is 9.08. The summed E-state index contributed by atoms with van der Waals surface area (Å²) >= 11 is 3.44. The van der Waals surface area contributed by atoms with Crippen LogP contribution in [-0.2, 0) is 18.4 Å². The summed E-state index contributed by atoms with van der Waals surface area (Å²) in [4.78, 5) is 3.73. The zero-order chi connectivity index (χ0) is 13.5. The molecule has 1 atom stereocenters. The summed E-state index contributed by atoms with van der Waals surface area (Å²) in [5.74, 6) is -0.439. The van der Waals surface area contributed by atoms with Gasteiger partial charge in [-0.15, -0.1) is 0 Å². The molecule has 0 aliphatic heterocycles. The summed E-state index contributed by atoms with van der Waals surface area (Å²) in [6.07, 6.45) is 4.39. The number of fused-ring (bicyclic) bond motifs is 1. The van der Waals surface area contributed by atoms with Crippen molar-refractivity contribution in [1.82, 2.24) is 4.98 Å². The Morgan fingerprint density at radius 1 is 1.26 bits per heavy atom. The molecule has 3 rings (SSSR count). The molecule has 98 valence electrons. The van der Waals surface area contributed by atoms with Crippen molar-refractivity contribution < 1.29 is 9.50 Å². The molecule has 0 spiro atoms. The number of aryl methyl sites for hydroxylation is 1. The van der Waals surface area contributed by atoms with Gasteiger partial charge in [0, 0.05) is 22.7 Å². The first-order valence-corrected chi connectivity index (χ1v) is 6.97. The summed E-state index contributed by atoms with van der Waals surface area (Å²) in [5, 5.41) is 10.8. The third-order valence-corrected chi connectivity index (χ3v) is 4.23. The highest BCUT2D eigenvalue weighted by Crippen LogP contribution is 2.38. The molecule has 19 heavy (non-hydrogen) atoms. The number of pyridine rings is 1. The fourth-order valence-corrected chi connectivity index (χ4v) is 3.14. The fraction of sp³-hybridized carbons (Fsp3) is 0.267. The van der Waals surface area contributed by atoms with Crippen LogP contribution in [0.25, 0.3) is 0 Å². The molecule has 0 radical (unpaired) electrons. The summed E-state index contributed by atoms with van der Waals surface area (Å²) in [6, 6.07) is 7.58. The van der Waals surface area contributed by atoms with Gasteiger partial charge in [-0.3, -0.25) is 4.98 Å². The van der Waals surface area contributed by atoms with Gasteiger partial charge in [-0.1, -0.05) is 22.0 Å². The fourth-order valence-electron chi connectivity index (χ4n) is 2.73. The molecule has 2 nitrogen and oxygen atoms in total. The molecule has 2 aromatic rings. The van der Waals surface area contributed by atoms with Crippen molar-refractivity contribution in [2.24, 2.45) is 0 Å². The standard InChI is InChI=1S/C15H13BrFNO/c16-12-2-1-11-8-15(19,5-3-10(11)7-12)13-4-6-18-9-14(13)17/h1-2,4,6-7,9,19H,3,5,8H2. The Morgan fingerprint density at radius 2 is 2.11 bits per heavy atom. The van der Waals surface area contributed by atoms with Crippen molar-refractivity contribution in [3.05, 3.63) is 63.6 Å². The van der Waals surface area contributed by atoms with Gasteiger partial charge in [0.1, 0.15) is 5.82 Å². The number of benzene rings is 1. The van der Waals surface area contributed by atoms with E-state index in [4.69, 9.17) is 0 Å². The SMILES string of the molecule is OC1(c2ccncc2F)CCc2cc(Br)ccc2C1. The highest BCUT2D eigenvalue weighted by Gasteiger charge is 2.35. The van der Waals surface area contributed by atoms with Crippen molar-refractivity contribution >= 4 is 15.9 Å². The predicted molar refractivity (Wildman–Crippen MR) is 74.3 cm³/mol. The monoisotopic (exact) mass is 321 g/mol. The maximum absolute atomic E-state index is 13.8. The molecule has 1 unspecified atom stereocenters. The minimum atomic E-state index is -1.13. The molecule has 1 aromatic heterocycles. The number of nitrogens with zero attached hydrogens (tertiary/aromatic N) is 1. The van der Waals surface area contributed by atoms with Crippen LogP contribution in [0.15, 0.2) is 41.1 Å². The Hall–Kier alpha value is -1.26. The second kappa shape index (κ2) is 4.69. The van der Waals surface area contributed by atoms with Crippen LogP contribution in [0.4, 0.5) is 4.39 Å². The first-order valence-electron chi connectivity index (χ1n) is 6.18. The number of hydrogen-bond acceptors (Lipinski definition) is 2. The molecule has 1 aromatic carbocycles. The molecular weight excluding hydrogens is 309 g/mol. The zero-order valence-corrected chi connectivity index (χ0v) is 11.8. The van der Waals surface area contributed by atoms with Crippen LogP contribution in [-0.4, -0.2) is 10.1 Å². The molecule has 0 amide bonds. The van der Waals surface area contributed by atoms with Crippen molar-refractivity contribution in [3.63, 3.8) is 0 Å². The van der Waals surface area contributed by atoms with E-state index in [-0.39, 0.29) is 0 Å². The average molecular weight is 322 g/mol. The summed E-state index contributed by atoms with van der Waals surface area (Å²) in [7, 11) is 0. The highest BCUT2D eigenvalue weighted by molar-refractivity contribution is 9.10. The highest BCUT2D eigenvalue weighted by atomic mass is 79.9. The van der Waals surface area contributed by atoms with E-state index < -0.39 is 11.4 Å². The van der Waals surface area contributed by atoms with Crippen molar-refractivity contribution in [3.8, 4) is 0 Å². The Labute approximate surface area is 119 Å². The topological polar surface area (TPSA) is 33.1 Å². The van der Waals surface area contributed by atoms with Gasteiger partial charge in [-0.2, -0.15) is 0 Å². The first kappa shape index (κ1) is 12.8. The van der Waals surface area contributed by atoms with E-state index in [2.05, 4.69) is 27.0 Å². The van der Waals surface area contributed by atoms with E-state index in [1.165, 1.54) is 11.8 Å². The van der Waals surface area contributed by atoms with Gasteiger partial charge in [-0.05, 0) is 42.2 Å². The van der Waals surface area contributed by atoms with Gasteiger partial charge >= 0.3 is 0 Å². The number of aromatic nitrogens is 1. The third kappa shape index (κ3) is 2.30. The maximum Gasteiger partial charge on any atom is 0.147 e. The normalized spacial score (nSPS) is 22.1. The lowest BCUT2D eigenvalue weighted by atomic mass is 9.76. The third-order valence-electron chi connectivity index (χ3n) is 3.73. The molecule has 1 heterocycles. The maximum atomic E-state index is 13.8. The lowest BCUT2D eigenvalue weighted by molar-refractivity contribution is 0.0187. The van der Waals surface area contributed by atoms with Crippen LogP contribution >= 0.6 is 15.9 Å². The smallest absolute Gasteiger partial charge is 0.147 e. The van der Waals surface area contributed by atoms with E-state index in [9.17, 15) is 9.50 Å². The summed E-state index contributed by atoms with van der Waals surface area (Å²) in [6.45, 7) is 0. The van der Waals surface area contributed by atoms with E-state index in [1.54, 1.807) is 6.07 Å². The van der Waals surface area contributed by atoms with Gasteiger partial charge in [-0.25, -0.2) is 4.39 Å². The predicted octanol–water partition coefficient (Wildman–Crippen LogP) is 3.36. The second-order valence-corrected chi connectivity index (χ2v) is 5.89. The number of aliphatic hydroxyl groups is 1. The minimum absolute atomic E-state index is 0.344. The quantitative estimate of drug-likeness (QED) is 0.873. The van der Waals surface area contributed by atoms with E-state index in [0.717, 1.165) is 22.7 Å². The molecule has 0 saturated heterocycles. The Bertz CT molecular complexity index is 631. The summed E-state index contributed by atoms with van der Waals surface area (Å²) in [5.41, 5.74) is 1.51. The summed E-state index contributed by atoms with van der Waals surface area (Å²) < 4.78 is 14.9. The number of rotatable bonds is 1. The lowest BCUT2D eigenvalue weighted by Crippen LogP contribution is -2.34. The van der Waals surface area contributed by atoms with Gasteiger partial charge in [0.15, 0.2) is 0 Å².